The molecule has 0 fully saturated rings. The van der Waals surface area contributed by atoms with Gasteiger partial charge in [-0.1, -0.05) is 0 Å². The number of carbonyl (C=O) groups excluding carboxylic acids is 1. The Morgan fingerprint density at radius 2 is 2.17 bits per heavy atom. The van der Waals surface area contributed by atoms with Gasteiger partial charge in [0.1, 0.15) is 0 Å². The number of ether oxygens (including phenoxy) is 1. The Labute approximate surface area is 106 Å². The molecule has 0 spiro atoms. The number of anilines is 2. The molecular formula is C12H18FN3O2. The van der Waals surface area contributed by atoms with Crippen LogP contribution >= 0.6 is 0 Å². The largest absolute Gasteiger partial charge is 0.491 e. The lowest BCUT2D eigenvalue weighted by molar-refractivity contribution is -0.119. The fraction of sp³-hybridized carbons (Fsp3) is 0.417. The molecule has 1 amide bonds. The first-order valence-corrected chi connectivity index (χ1v) is 5.80. The summed E-state index contributed by atoms with van der Waals surface area (Å²) in [7, 11) is 0. The number of rotatable bonds is 6. The van der Waals surface area contributed by atoms with Gasteiger partial charge in [0.15, 0.2) is 11.6 Å². The van der Waals surface area contributed by atoms with Crippen molar-refractivity contribution in [3.8, 4) is 5.75 Å². The third kappa shape index (κ3) is 3.80. The number of benzene rings is 1. The minimum Gasteiger partial charge on any atom is -0.491 e. The van der Waals surface area contributed by atoms with Crippen molar-refractivity contribution in [3.63, 3.8) is 0 Å². The Morgan fingerprint density at radius 3 is 2.78 bits per heavy atom. The van der Waals surface area contributed by atoms with Gasteiger partial charge in [-0.15, -0.1) is 0 Å². The van der Waals surface area contributed by atoms with Gasteiger partial charge in [0.25, 0.3) is 0 Å². The van der Waals surface area contributed by atoms with Crippen molar-refractivity contribution in [2.24, 2.45) is 0 Å². The average molecular weight is 255 g/mol. The first kappa shape index (κ1) is 14.1. The van der Waals surface area contributed by atoms with Crippen LogP contribution in [0.2, 0.25) is 0 Å². The van der Waals surface area contributed by atoms with Gasteiger partial charge >= 0.3 is 0 Å². The predicted molar refractivity (Wildman–Crippen MR) is 69.2 cm³/mol. The van der Waals surface area contributed by atoms with E-state index in [0.717, 1.165) is 0 Å². The number of nitrogen functional groups attached to an aromatic ring is 1. The van der Waals surface area contributed by atoms with Gasteiger partial charge in [-0.3, -0.25) is 4.79 Å². The standard InChI is InChI=1S/C12H18FN3O2/c1-3-15-12(17)7-16-10-6-11(18-4-2)8(13)5-9(10)14/h5-6,16H,3-4,7,14H2,1-2H3,(H,15,17). The molecule has 0 saturated heterocycles. The SMILES string of the molecule is CCNC(=O)CNc1cc(OCC)c(F)cc1N. The highest BCUT2D eigenvalue weighted by atomic mass is 19.1. The van der Waals surface area contributed by atoms with E-state index in [9.17, 15) is 9.18 Å². The normalized spacial score (nSPS) is 9.94. The summed E-state index contributed by atoms with van der Waals surface area (Å²) >= 11 is 0. The molecule has 5 nitrogen and oxygen atoms in total. The highest BCUT2D eigenvalue weighted by Crippen LogP contribution is 2.28. The van der Waals surface area contributed by atoms with Crippen molar-refractivity contribution in [1.29, 1.82) is 0 Å². The van der Waals surface area contributed by atoms with Crippen molar-refractivity contribution < 1.29 is 13.9 Å². The van der Waals surface area contributed by atoms with Crippen molar-refractivity contribution in [2.45, 2.75) is 13.8 Å². The van der Waals surface area contributed by atoms with E-state index in [2.05, 4.69) is 10.6 Å². The molecular weight excluding hydrogens is 237 g/mol. The average Bonchev–Trinajstić information content (AvgIpc) is 2.31. The van der Waals surface area contributed by atoms with E-state index in [-0.39, 0.29) is 23.9 Å². The molecule has 0 aliphatic carbocycles. The molecule has 100 valence electrons. The molecule has 6 heteroatoms. The smallest absolute Gasteiger partial charge is 0.239 e. The Morgan fingerprint density at radius 1 is 1.44 bits per heavy atom. The van der Waals surface area contributed by atoms with Gasteiger partial charge in [0, 0.05) is 18.7 Å². The van der Waals surface area contributed by atoms with E-state index < -0.39 is 5.82 Å². The van der Waals surface area contributed by atoms with Crippen LogP contribution < -0.4 is 21.1 Å². The fourth-order valence-corrected chi connectivity index (χ4v) is 1.42. The molecule has 0 atom stereocenters. The van der Waals surface area contributed by atoms with Gasteiger partial charge in [0.2, 0.25) is 5.91 Å². The van der Waals surface area contributed by atoms with Gasteiger partial charge in [-0.2, -0.15) is 0 Å². The topological polar surface area (TPSA) is 76.4 Å². The van der Waals surface area contributed by atoms with Gasteiger partial charge in [-0.05, 0) is 13.8 Å². The summed E-state index contributed by atoms with van der Waals surface area (Å²) in [5.41, 5.74) is 6.37. The fourth-order valence-electron chi connectivity index (χ4n) is 1.42. The van der Waals surface area contributed by atoms with E-state index in [4.69, 9.17) is 10.5 Å². The number of hydrogen-bond donors (Lipinski definition) is 3. The van der Waals surface area contributed by atoms with Crippen LogP contribution in [-0.4, -0.2) is 25.6 Å². The van der Waals surface area contributed by atoms with E-state index >= 15 is 0 Å². The summed E-state index contributed by atoms with van der Waals surface area (Å²) in [5, 5.41) is 5.48. The second kappa shape index (κ2) is 6.68. The van der Waals surface area contributed by atoms with Crippen molar-refractivity contribution >= 4 is 17.3 Å². The maximum absolute atomic E-state index is 13.4. The molecule has 4 N–H and O–H groups in total. The lowest BCUT2D eigenvalue weighted by Crippen LogP contribution is -2.29. The predicted octanol–water partition coefficient (Wildman–Crippen LogP) is 1.35. The molecule has 18 heavy (non-hydrogen) atoms. The molecule has 0 aliphatic heterocycles. The Hall–Kier alpha value is -1.98. The highest BCUT2D eigenvalue weighted by molar-refractivity contribution is 5.82. The maximum Gasteiger partial charge on any atom is 0.239 e. The zero-order valence-electron chi connectivity index (χ0n) is 10.5. The molecule has 0 unspecified atom stereocenters. The van der Waals surface area contributed by atoms with Gasteiger partial charge in [0.05, 0.1) is 24.5 Å². The quantitative estimate of drug-likeness (QED) is 0.671. The minimum absolute atomic E-state index is 0.0786. The summed E-state index contributed by atoms with van der Waals surface area (Å²) in [6.45, 7) is 4.59. The molecule has 1 aromatic carbocycles. The van der Waals surface area contributed by atoms with Crippen molar-refractivity contribution in [1.82, 2.24) is 5.32 Å². The molecule has 0 saturated carbocycles. The van der Waals surface area contributed by atoms with Gasteiger partial charge < -0.3 is 21.1 Å². The maximum atomic E-state index is 13.4. The van der Waals surface area contributed by atoms with E-state index in [1.54, 1.807) is 6.92 Å². The molecule has 1 rings (SSSR count). The number of likely N-dealkylation sites (N-methyl/N-ethyl adjacent to an activating group) is 1. The summed E-state index contributed by atoms with van der Waals surface area (Å²) in [6.07, 6.45) is 0. The lowest BCUT2D eigenvalue weighted by atomic mass is 10.2. The van der Waals surface area contributed by atoms with E-state index in [0.29, 0.717) is 18.8 Å². The van der Waals surface area contributed by atoms with Crippen LogP contribution in [0.3, 0.4) is 0 Å². The van der Waals surface area contributed by atoms with Gasteiger partial charge in [-0.25, -0.2) is 4.39 Å². The van der Waals surface area contributed by atoms with Crippen LogP contribution in [-0.2, 0) is 4.79 Å². The van der Waals surface area contributed by atoms with Crippen LogP contribution in [0.4, 0.5) is 15.8 Å². The number of halogens is 1. The molecule has 0 heterocycles. The van der Waals surface area contributed by atoms with Crippen LogP contribution in [0.1, 0.15) is 13.8 Å². The van der Waals surface area contributed by atoms with E-state index in [1.807, 2.05) is 6.92 Å². The van der Waals surface area contributed by atoms with Crippen molar-refractivity contribution in [2.75, 3.05) is 30.7 Å². The van der Waals surface area contributed by atoms with Crippen LogP contribution in [0, 0.1) is 5.82 Å². The Bertz CT molecular complexity index is 424. The van der Waals surface area contributed by atoms with Crippen molar-refractivity contribution in [3.05, 3.63) is 17.9 Å². The first-order chi connectivity index (χ1) is 8.58. The zero-order valence-corrected chi connectivity index (χ0v) is 10.5. The number of hydrogen-bond acceptors (Lipinski definition) is 4. The second-order valence-electron chi connectivity index (χ2n) is 3.61. The van der Waals surface area contributed by atoms with Crippen LogP contribution in [0.25, 0.3) is 0 Å². The molecule has 1 aromatic rings. The third-order valence-corrected chi connectivity index (χ3v) is 2.22. The highest BCUT2D eigenvalue weighted by Gasteiger charge is 2.09. The Balaban J connectivity index is 2.75. The third-order valence-electron chi connectivity index (χ3n) is 2.22. The Kier molecular flexibility index (Phi) is 5.23. The molecule has 0 aromatic heterocycles. The first-order valence-electron chi connectivity index (χ1n) is 5.80. The van der Waals surface area contributed by atoms with Crippen LogP contribution in [0.5, 0.6) is 5.75 Å². The number of nitrogens with one attached hydrogen (secondary N) is 2. The van der Waals surface area contributed by atoms with Crippen LogP contribution in [0.15, 0.2) is 12.1 Å². The molecule has 0 aliphatic rings. The molecule has 0 bridgehead atoms. The second-order valence-corrected chi connectivity index (χ2v) is 3.61. The zero-order chi connectivity index (χ0) is 13.5. The number of carbonyl (C=O) groups is 1. The summed E-state index contributed by atoms with van der Waals surface area (Å²) in [5.74, 6) is -0.554. The summed E-state index contributed by atoms with van der Waals surface area (Å²) < 4.78 is 18.5. The summed E-state index contributed by atoms with van der Waals surface area (Å²) in [6, 6.07) is 2.62. The minimum atomic E-state index is -0.516. The molecule has 0 radical (unpaired) electrons. The summed E-state index contributed by atoms with van der Waals surface area (Å²) in [4.78, 5) is 11.3. The lowest BCUT2D eigenvalue weighted by Gasteiger charge is -2.12. The number of amides is 1. The number of nitrogens with two attached hydrogens (primary N) is 1. The monoisotopic (exact) mass is 255 g/mol. The van der Waals surface area contributed by atoms with E-state index in [1.165, 1.54) is 12.1 Å².